The van der Waals surface area contributed by atoms with Gasteiger partial charge in [-0.2, -0.15) is 0 Å². The van der Waals surface area contributed by atoms with E-state index in [1.54, 1.807) is 6.08 Å². The molecule has 10 heteroatoms. The summed E-state index contributed by atoms with van der Waals surface area (Å²) in [6.45, 7) is 0.0981. The van der Waals surface area contributed by atoms with Crippen LogP contribution in [0.15, 0.2) is 35.6 Å². The molecule has 0 amide bonds. The number of carboxylic acid groups (broad SMARTS) is 3. The molecule has 10 nitrogen and oxygen atoms in total. The maximum absolute atomic E-state index is 11.5. The van der Waals surface area contributed by atoms with Gasteiger partial charge in [-0.15, -0.1) is 0 Å². The fraction of sp³-hybridized carbons (Fsp3) is 0.278. The molecule has 6 N–H and O–H groups in total. The summed E-state index contributed by atoms with van der Waals surface area (Å²) in [6, 6.07) is 0.505. The van der Waals surface area contributed by atoms with Crippen molar-refractivity contribution in [3.8, 4) is 11.5 Å². The smallest absolute Gasteiger partial charge is 0.351 e. The van der Waals surface area contributed by atoms with Crippen molar-refractivity contribution < 1.29 is 44.8 Å². The standard InChI is InChI=1S/C18H18N2O8/c21-14-6-9-5-13(18(27)28)20(12(9)7-15(14)22)2-1-8-3-10(16(23)24)19-11(4-8)17(25)26/h1,3,6-7,11,13,19,21-22H,2,4-5H2,(H,23,24)(H,25,26)(H,27,28)/t11-,13-/m0/s1. The van der Waals surface area contributed by atoms with E-state index in [1.807, 2.05) is 0 Å². The summed E-state index contributed by atoms with van der Waals surface area (Å²) in [5, 5.41) is 51.6. The molecular weight excluding hydrogens is 372 g/mol. The largest absolute Gasteiger partial charge is 0.544 e. The number of quaternary nitrogens is 1. The first-order valence-corrected chi connectivity index (χ1v) is 8.42. The normalized spacial score (nSPS) is 24.9. The third-order valence-electron chi connectivity index (χ3n) is 4.89. The lowest BCUT2D eigenvalue weighted by atomic mass is 9.99. The predicted octanol–water partition coefficient (Wildman–Crippen LogP) is -2.37. The van der Waals surface area contributed by atoms with Crippen molar-refractivity contribution >= 4 is 23.6 Å². The van der Waals surface area contributed by atoms with Crippen LogP contribution < -0.4 is 15.3 Å². The highest BCUT2D eigenvalue weighted by Crippen LogP contribution is 2.32. The minimum atomic E-state index is -1.31. The molecular formula is C18H18N2O8. The van der Waals surface area contributed by atoms with Crippen LogP contribution in [-0.4, -0.2) is 57.0 Å². The Kier molecular flexibility index (Phi) is 4.97. The van der Waals surface area contributed by atoms with Crippen molar-refractivity contribution in [1.29, 1.82) is 0 Å². The fourth-order valence-corrected chi connectivity index (χ4v) is 3.51. The van der Waals surface area contributed by atoms with Crippen LogP contribution in [0.3, 0.4) is 0 Å². The number of carbonyl (C=O) groups is 3. The Balaban J connectivity index is 1.92. The van der Waals surface area contributed by atoms with Gasteiger partial charge in [0, 0.05) is 24.5 Å². The van der Waals surface area contributed by atoms with Gasteiger partial charge in [0.1, 0.15) is 36.0 Å². The molecule has 0 spiro atoms. The SMILES string of the molecule is O=C(O)C1=CC(=CC[NH+]2c3cc(O)c(O)cc3C[C@H]2C(=O)[O-])C[C@@H](C(=O)O)N1. The Morgan fingerprint density at radius 1 is 1.18 bits per heavy atom. The van der Waals surface area contributed by atoms with Crippen molar-refractivity contribution in [1.82, 2.24) is 5.32 Å². The van der Waals surface area contributed by atoms with Gasteiger partial charge < -0.3 is 35.6 Å². The maximum atomic E-state index is 11.5. The van der Waals surface area contributed by atoms with E-state index in [0.717, 1.165) is 0 Å². The molecule has 28 heavy (non-hydrogen) atoms. The molecule has 0 fully saturated rings. The minimum absolute atomic E-state index is 0.0308. The number of aromatic hydroxyl groups is 2. The third-order valence-corrected chi connectivity index (χ3v) is 4.89. The number of carbonyl (C=O) groups excluding carboxylic acids is 1. The first kappa shape index (κ1) is 19.2. The number of hydrogen-bond donors (Lipinski definition) is 6. The summed E-state index contributed by atoms with van der Waals surface area (Å²) in [6.07, 6.45) is 3.01. The number of benzene rings is 1. The van der Waals surface area contributed by atoms with Gasteiger partial charge in [0.05, 0.1) is 0 Å². The summed E-state index contributed by atoms with van der Waals surface area (Å²) >= 11 is 0. The second kappa shape index (κ2) is 7.24. The Morgan fingerprint density at radius 2 is 1.86 bits per heavy atom. The van der Waals surface area contributed by atoms with E-state index in [4.69, 9.17) is 5.11 Å². The molecule has 0 bridgehead atoms. The number of nitrogens with one attached hydrogen (secondary N) is 2. The van der Waals surface area contributed by atoms with Crippen LogP contribution >= 0.6 is 0 Å². The van der Waals surface area contributed by atoms with Crippen LogP contribution in [0.2, 0.25) is 0 Å². The molecule has 1 unspecified atom stereocenters. The Morgan fingerprint density at radius 3 is 2.46 bits per heavy atom. The lowest BCUT2D eigenvalue weighted by molar-refractivity contribution is -0.840. The zero-order chi connectivity index (χ0) is 20.6. The van der Waals surface area contributed by atoms with Crippen LogP contribution in [0, 0.1) is 0 Å². The van der Waals surface area contributed by atoms with Crippen molar-refractivity contribution in [2.24, 2.45) is 0 Å². The minimum Gasteiger partial charge on any atom is -0.544 e. The van der Waals surface area contributed by atoms with Gasteiger partial charge in [0.25, 0.3) is 0 Å². The summed E-state index contributed by atoms with van der Waals surface area (Å²) in [5.74, 6) is -4.55. The molecule has 3 atom stereocenters. The molecule has 2 aliphatic heterocycles. The number of carboxylic acids is 3. The van der Waals surface area contributed by atoms with Crippen LogP contribution in [-0.2, 0) is 20.8 Å². The second-order valence-electron chi connectivity index (χ2n) is 6.68. The highest BCUT2D eigenvalue weighted by molar-refractivity contribution is 5.89. The quantitative estimate of drug-likeness (QED) is 0.237. The van der Waals surface area contributed by atoms with E-state index in [0.29, 0.717) is 21.7 Å². The monoisotopic (exact) mass is 390 g/mol. The molecule has 2 heterocycles. The number of hydrogen-bond acceptors (Lipinski definition) is 7. The number of rotatable bonds is 5. The lowest BCUT2D eigenvalue weighted by Gasteiger charge is -2.24. The predicted molar refractivity (Wildman–Crippen MR) is 90.7 cm³/mol. The van der Waals surface area contributed by atoms with Gasteiger partial charge in [0.2, 0.25) is 0 Å². The van der Waals surface area contributed by atoms with Crippen LogP contribution in [0.5, 0.6) is 11.5 Å². The van der Waals surface area contributed by atoms with Gasteiger partial charge in [-0.25, -0.2) is 9.59 Å². The number of fused-ring (bicyclic) bond motifs is 1. The average molecular weight is 390 g/mol. The van der Waals surface area contributed by atoms with Crippen molar-refractivity contribution in [3.63, 3.8) is 0 Å². The Labute approximate surface area is 158 Å². The Hall–Kier alpha value is -3.53. The van der Waals surface area contributed by atoms with E-state index in [9.17, 15) is 34.8 Å². The molecule has 1 aromatic carbocycles. The van der Waals surface area contributed by atoms with Crippen LogP contribution in [0.4, 0.5) is 5.69 Å². The maximum Gasteiger partial charge on any atom is 0.351 e. The molecule has 3 rings (SSSR count). The molecule has 0 saturated carbocycles. The van der Waals surface area contributed by atoms with E-state index in [1.165, 1.54) is 18.2 Å². The Bertz CT molecular complexity index is 920. The topological polar surface area (TPSA) is 172 Å². The number of aliphatic carboxylic acids is 3. The van der Waals surface area contributed by atoms with Gasteiger partial charge in [-0.3, -0.25) is 4.90 Å². The first-order chi connectivity index (χ1) is 13.2. The van der Waals surface area contributed by atoms with Crippen molar-refractivity contribution in [2.75, 3.05) is 6.54 Å². The number of phenols is 2. The molecule has 1 aromatic rings. The second-order valence-corrected chi connectivity index (χ2v) is 6.68. The van der Waals surface area contributed by atoms with E-state index in [2.05, 4.69) is 5.32 Å². The van der Waals surface area contributed by atoms with Crippen molar-refractivity contribution in [2.45, 2.75) is 24.9 Å². The molecule has 0 aliphatic carbocycles. The highest BCUT2D eigenvalue weighted by Gasteiger charge is 2.36. The highest BCUT2D eigenvalue weighted by atomic mass is 16.4. The zero-order valence-corrected chi connectivity index (χ0v) is 14.5. The third kappa shape index (κ3) is 3.62. The molecule has 0 aromatic heterocycles. The van der Waals surface area contributed by atoms with E-state index >= 15 is 0 Å². The summed E-state index contributed by atoms with van der Waals surface area (Å²) < 4.78 is 0. The first-order valence-electron chi connectivity index (χ1n) is 8.42. The average Bonchev–Trinajstić information content (AvgIpc) is 2.97. The molecule has 2 aliphatic rings. The molecule has 0 saturated heterocycles. The number of allylic oxidation sites excluding steroid dienone is 1. The van der Waals surface area contributed by atoms with Gasteiger partial charge >= 0.3 is 11.9 Å². The molecule has 148 valence electrons. The van der Waals surface area contributed by atoms with E-state index < -0.39 is 30.0 Å². The fourth-order valence-electron chi connectivity index (χ4n) is 3.51. The summed E-state index contributed by atoms with van der Waals surface area (Å²) in [4.78, 5) is 34.4. The van der Waals surface area contributed by atoms with Gasteiger partial charge in [0.15, 0.2) is 11.5 Å². The lowest BCUT2D eigenvalue weighted by Crippen LogP contribution is -3.11. The summed E-state index contributed by atoms with van der Waals surface area (Å²) in [7, 11) is 0. The number of phenolic OH excluding ortho intramolecular Hbond substituents is 2. The van der Waals surface area contributed by atoms with Crippen LogP contribution in [0.25, 0.3) is 0 Å². The molecule has 0 radical (unpaired) electrons. The van der Waals surface area contributed by atoms with Gasteiger partial charge in [-0.05, 0) is 23.8 Å². The van der Waals surface area contributed by atoms with Gasteiger partial charge in [-0.1, -0.05) is 0 Å². The van der Waals surface area contributed by atoms with Crippen LogP contribution in [0.1, 0.15) is 12.0 Å². The van der Waals surface area contributed by atoms with Crippen molar-refractivity contribution in [3.05, 3.63) is 41.1 Å². The van der Waals surface area contributed by atoms with E-state index in [-0.39, 0.29) is 36.6 Å². The summed E-state index contributed by atoms with van der Waals surface area (Å²) in [5.41, 5.74) is 1.20. The zero-order valence-electron chi connectivity index (χ0n) is 14.5.